The van der Waals surface area contributed by atoms with Crippen molar-refractivity contribution >= 4 is 61.5 Å². The van der Waals surface area contributed by atoms with E-state index in [1.165, 1.54) is 18.2 Å². The molecule has 1 heterocycles. The van der Waals surface area contributed by atoms with Crippen molar-refractivity contribution in [3.8, 4) is 5.75 Å². The minimum absolute atomic E-state index is 0.0818. The maximum Gasteiger partial charge on any atom is 0.335 e. The Bertz CT molecular complexity index is 1360. The number of anilines is 1. The first-order chi connectivity index (χ1) is 16.2. The van der Waals surface area contributed by atoms with Crippen LogP contribution in [0.2, 0.25) is 0 Å². The number of carbonyl (C=O) groups is 3. The van der Waals surface area contributed by atoms with Gasteiger partial charge in [-0.1, -0.05) is 44.0 Å². The topological polar surface area (TPSA) is 75.7 Å². The van der Waals surface area contributed by atoms with Crippen LogP contribution in [0.3, 0.4) is 0 Å². The molecule has 6 nitrogen and oxygen atoms in total. The number of halogens is 3. The van der Waals surface area contributed by atoms with Gasteiger partial charge < -0.3 is 4.74 Å². The standard InChI is InChI=1S/C25H17Br2FN2O4/c1-14-9-17(26)5-7-21(14)30-24(32)20(23(31)29-25(30)33)12-16-11-18(27)6-8-22(16)34-13-15-3-2-4-19(28)10-15/h2-12H,13H2,1H3,(H,29,31,33)/b20-12-. The third-order valence-electron chi connectivity index (χ3n) is 5.06. The number of hydrogen-bond donors (Lipinski definition) is 1. The van der Waals surface area contributed by atoms with Crippen LogP contribution < -0.4 is 15.0 Å². The van der Waals surface area contributed by atoms with Gasteiger partial charge in [0.25, 0.3) is 11.8 Å². The predicted octanol–water partition coefficient (Wildman–Crippen LogP) is 5.90. The Kier molecular flexibility index (Phi) is 6.95. The maximum atomic E-state index is 13.5. The molecule has 0 radical (unpaired) electrons. The van der Waals surface area contributed by atoms with Crippen molar-refractivity contribution in [3.63, 3.8) is 0 Å². The number of amides is 4. The Hall–Kier alpha value is -3.30. The van der Waals surface area contributed by atoms with Crippen LogP contribution in [0.5, 0.6) is 5.75 Å². The fraction of sp³-hybridized carbons (Fsp3) is 0.0800. The SMILES string of the molecule is Cc1cc(Br)ccc1N1C(=O)NC(=O)/C(=C/c2cc(Br)ccc2OCc2cccc(F)c2)C1=O. The van der Waals surface area contributed by atoms with E-state index in [-0.39, 0.29) is 18.0 Å². The summed E-state index contributed by atoms with van der Waals surface area (Å²) in [4.78, 5) is 39.3. The lowest BCUT2D eigenvalue weighted by Crippen LogP contribution is -2.54. The molecule has 0 aromatic heterocycles. The van der Waals surface area contributed by atoms with Crippen LogP contribution >= 0.6 is 31.9 Å². The Morgan fingerprint density at radius 3 is 2.47 bits per heavy atom. The minimum atomic E-state index is -0.825. The molecule has 1 aliphatic heterocycles. The normalized spacial score (nSPS) is 15.0. The first kappa shape index (κ1) is 23.8. The zero-order valence-corrected chi connectivity index (χ0v) is 20.9. The number of imide groups is 2. The first-order valence-electron chi connectivity index (χ1n) is 10.1. The molecule has 1 saturated heterocycles. The van der Waals surface area contributed by atoms with E-state index in [2.05, 4.69) is 37.2 Å². The molecule has 0 atom stereocenters. The molecule has 0 spiro atoms. The molecule has 0 bridgehead atoms. The number of barbiturate groups is 1. The van der Waals surface area contributed by atoms with Gasteiger partial charge in [0.15, 0.2) is 0 Å². The van der Waals surface area contributed by atoms with Gasteiger partial charge in [-0.05, 0) is 72.7 Å². The highest BCUT2D eigenvalue weighted by molar-refractivity contribution is 9.10. The highest BCUT2D eigenvalue weighted by atomic mass is 79.9. The third kappa shape index (κ3) is 5.10. The second-order valence-corrected chi connectivity index (χ2v) is 9.32. The lowest BCUT2D eigenvalue weighted by atomic mass is 10.0. The molecule has 4 amide bonds. The summed E-state index contributed by atoms with van der Waals surface area (Å²) in [5, 5.41) is 2.22. The van der Waals surface area contributed by atoms with Gasteiger partial charge in [-0.2, -0.15) is 0 Å². The van der Waals surface area contributed by atoms with E-state index in [4.69, 9.17) is 4.74 Å². The summed E-state index contributed by atoms with van der Waals surface area (Å²) >= 11 is 6.74. The average molecular weight is 588 g/mol. The van der Waals surface area contributed by atoms with E-state index in [0.29, 0.717) is 32.6 Å². The number of ether oxygens (including phenoxy) is 1. The summed E-state index contributed by atoms with van der Waals surface area (Å²) < 4.78 is 20.8. The largest absolute Gasteiger partial charge is 0.488 e. The first-order valence-corrected chi connectivity index (χ1v) is 11.7. The van der Waals surface area contributed by atoms with Gasteiger partial charge in [-0.3, -0.25) is 14.9 Å². The molecule has 3 aromatic carbocycles. The fourth-order valence-corrected chi connectivity index (χ4v) is 4.31. The van der Waals surface area contributed by atoms with E-state index in [1.54, 1.807) is 55.5 Å². The molecule has 0 saturated carbocycles. The molecule has 9 heteroatoms. The van der Waals surface area contributed by atoms with Crippen molar-refractivity contribution in [2.75, 3.05) is 4.90 Å². The van der Waals surface area contributed by atoms with Crippen molar-refractivity contribution < 1.29 is 23.5 Å². The van der Waals surface area contributed by atoms with Gasteiger partial charge in [-0.15, -0.1) is 0 Å². The summed E-state index contributed by atoms with van der Waals surface area (Å²) in [6.07, 6.45) is 1.37. The number of urea groups is 1. The summed E-state index contributed by atoms with van der Waals surface area (Å²) in [5.74, 6) is -1.56. The van der Waals surface area contributed by atoms with Gasteiger partial charge in [0.05, 0.1) is 5.69 Å². The molecular weight excluding hydrogens is 571 g/mol. The number of hydrogen-bond acceptors (Lipinski definition) is 4. The molecule has 34 heavy (non-hydrogen) atoms. The third-order valence-corrected chi connectivity index (χ3v) is 6.04. The second kappa shape index (κ2) is 9.90. The van der Waals surface area contributed by atoms with Crippen LogP contribution in [0, 0.1) is 12.7 Å². The van der Waals surface area contributed by atoms with Crippen LogP contribution in [-0.4, -0.2) is 17.8 Å². The van der Waals surface area contributed by atoms with Gasteiger partial charge in [-0.25, -0.2) is 14.1 Å². The van der Waals surface area contributed by atoms with Gasteiger partial charge in [0.1, 0.15) is 23.7 Å². The highest BCUT2D eigenvalue weighted by Gasteiger charge is 2.37. The maximum absolute atomic E-state index is 13.5. The molecule has 172 valence electrons. The zero-order valence-electron chi connectivity index (χ0n) is 17.8. The van der Waals surface area contributed by atoms with E-state index in [0.717, 1.165) is 9.37 Å². The van der Waals surface area contributed by atoms with Gasteiger partial charge >= 0.3 is 6.03 Å². The predicted molar refractivity (Wildman–Crippen MR) is 133 cm³/mol. The highest BCUT2D eigenvalue weighted by Crippen LogP contribution is 2.30. The van der Waals surface area contributed by atoms with Crippen LogP contribution in [0.4, 0.5) is 14.9 Å². The van der Waals surface area contributed by atoms with E-state index in [9.17, 15) is 18.8 Å². The zero-order chi connectivity index (χ0) is 24.4. The van der Waals surface area contributed by atoms with Gasteiger partial charge in [0.2, 0.25) is 0 Å². The summed E-state index contributed by atoms with van der Waals surface area (Å²) in [5.41, 5.74) is 1.87. The van der Waals surface area contributed by atoms with Crippen molar-refractivity contribution in [2.24, 2.45) is 0 Å². The van der Waals surface area contributed by atoms with Crippen LogP contribution in [0.15, 0.2) is 75.2 Å². The molecule has 1 fully saturated rings. The molecule has 1 N–H and O–H groups in total. The van der Waals surface area contributed by atoms with E-state index >= 15 is 0 Å². The Labute approximate surface area is 211 Å². The Morgan fingerprint density at radius 2 is 1.74 bits per heavy atom. The Balaban J connectivity index is 1.69. The quantitative estimate of drug-likeness (QED) is 0.298. The fourth-order valence-electron chi connectivity index (χ4n) is 3.45. The summed E-state index contributed by atoms with van der Waals surface area (Å²) in [6, 6.07) is 15.4. The molecular formula is C25H17Br2FN2O4. The Morgan fingerprint density at radius 1 is 1.00 bits per heavy atom. The molecule has 4 rings (SSSR count). The second-order valence-electron chi connectivity index (χ2n) is 7.49. The van der Waals surface area contributed by atoms with Crippen LogP contribution in [0.25, 0.3) is 6.08 Å². The van der Waals surface area contributed by atoms with Crippen LogP contribution in [-0.2, 0) is 16.2 Å². The monoisotopic (exact) mass is 586 g/mol. The van der Waals surface area contributed by atoms with Crippen molar-refractivity contribution in [3.05, 3.63) is 97.7 Å². The lowest BCUT2D eigenvalue weighted by Gasteiger charge is -2.27. The molecule has 0 unspecified atom stereocenters. The van der Waals surface area contributed by atoms with Gasteiger partial charge in [0, 0.05) is 14.5 Å². The number of nitrogens with zero attached hydrogens (tertiary/aromatic N) is 1. The number of benzene rings is 3. The number of aryl methyl sites for hydroxylation is 1. The summed E-state index contributed by atoms with van der Waals surface area (Å²) in [6.45, 7) is 1.84. The number of nitrogens with one attached hydrogen (secondary N) is 1. The molecule has 0 aliphatic carbocycles. The minimum Gasteiger partial charge on any atom is -0.488 e. The lowest BCUT2D eigenvalue weighted by molar-refractivity contribution is -0.122. The smallest absolute Gasteiger partial charge is 0.335 e. The summed E-state index contributed by atoms with van der Waals surface area (Å²) in [7, 11) is 0. The van der Waals surface area contributed by atoms with E-state index in [1.807, 2.05) is 0 Å². The average Bonchev–Trinajstić information content (AvgIpc) is 2.77. The van der Waals surface area contributed by atoms with E-state index < -0.39 is 17.8 Å². The molecule has 1 aliphatic rings. The van der Waals surface area contributed by atoms with Crippen molar-refractivity contribution in [1.82, 2.24) is 5.32 Å². The number of rotatable bonds is 5. The molecule has 3 aromatic rings. The van der Waals surface area contributed by atoms with Crippen LogP contribution in [0.1, 0.15) is 16.7 Å². The number of carbonyl (C=O) groups excluding carboxylic acids is 3. The van der Waals surface area contributed by atoms with Crippen molar-refractivity contribution in [1.29, 1.82) is 0 Å². The van der Waals surface area contributed by atoms with Crippen molar-refractivity contribution in [2.45, 2.75) is 13.5 Å².